The summed E-state index contributed by atoms with van der Waals surface area (Å²) in [4.78, 5) is 11.8. The van der Waals surface area contributed by atoms with Crippen molar-refractivity contribution in [3.8, 4) is 11.8 Å². The first-order valence-corrected chi connectivity index (χ1v) is 15.5. The molecule has 4 atom stereocenters. The number of hydrogen-bond acceptors (Lipinski definition) is 1. The first-order chi connectivity index (χ1) is 18.7. The zero-order valence-corrected chi connectivity index (χ0v) is 25.4. The molecule has 2 aromatic rings. The molecule has 1 fully saturated rings. The highest BCUT2D eigenvalue weighted by molar-refractivity contribution is 5.94. The van der Waals surface area contributed by atoms with Crippen LogP contribution in [0.1, 0.15) is 120 Å². The van der Waals surface area contributed by atoms with Gasteiger partial charge in [-0.1, -0.05) is 99.1 Å². The second-order valence-corrected chi connectivity index (χ2v) is 13.3. The molecule has 0 N–H and O–H groups in total. The van der Waals surface area contributed by atoms with Gasteiger partial charge in [0.15, 0.2) is 5.78 Å². The summed E-state index contributed by atoms with van der Waals surface area (Å²) in [7, 11) is 0. The SMILES string of the molecule is CC#CC(C)(C)CCC1CCCC(CC2Cc3ccccc3C(Cc3ccc(C(C)=O)cc3)=C(C)C2C)CC1. The van der Waals surface area contributed by atoms with Crippen molar-refractivity contribution < 1.29 is 4.79 Å². The summed E-state index contributed by atoms with van der Waals surface area (Å²) in [6.07, 6.45) is 13.0. The van der Waals surface area contributed by atoms with Crippen molar-refractivity contribution in [2.24, 2.45) is 29.1 Å². The average molecular weight is 523 g/mol. The fourth-order valence-corrected chi connectivity index (χ4v) is 7.25. The predicted octanol–water partition coefficient (Wildman–Crippen LogP) is 10.1. The minimum atomic E-state index is 0.132. The number of benzene rings is 2. The summed E-state index contributed by atoms with van der Waals surface area (Å²) in [5.41, 5.74) is 8.26. The van der Waals surface area contributed by atoms with E-state index in [2.05, 4.69) is 75.9 Å². The molecule has 1 heteroatoms. The standard InChI is InChI=1S/C38H50O/c1-7-22-38(5,6)23-21-30-11-10-12-31(16-15-30)24-35-26-34-13-8-9-14-36(34)37(28(3)27(35)2)25-32-17-19-33(20-18-32)29(4)39/h8-9,13-14,17-20,27,30-31,35H,10-12,15-16,21,23-26H2,1-6H3. The van der Waals surface area contributed by atoms with E-state index in [1.807, 2.05) is 19.1 Å². The van der Waals surface area contributed by atoms with Gasteiger partial charge in [0, 0.05) is 11.0 Å². The third kappa shape index (κ3) is 7.75. The smallest absolute Gasteiger partial charge is 0.159 e. The molecule has 4 unspecified atom stereocenters. The van der Waals surface area contributed by atoms with Crippen LogP contribution < -0.4 is 0 Å². The quantitative estimate of drug-likeness (QED) is 0.191. The summed E-state index contributed by atoms with van der Waals surface area (Å²) >= 11 is 0. The molecule has 1 saturated carbocycles. The Morgan fingerprint density at radius 1 is 0.974 bits per heavy atom. The fourth-order valence-electron chi connectivity index (χ4n) is 7.25. The van der Waals surface area contributed by atoms with E-state index in [0.29, 0.717) is 11.8 Å². The van der Waals surface area contributed by atoms with Crippen LogP contribution in [0, 0.1) is 40.9 Å². The Bertz CT molecular complexity index is 1220. The maximum atomic E-state index is 11.8. The Morgan fingerprint density at radius 2 is 1.67 bits per heavy atom. The molecule has 0 spiro atoms. The highest BCUT2D eigenvalue weighted by Crippen LogP contribution is 2.43. The van der Waals surface area contributed by atoms with Crippen molar-refractivity contribution in [3.63, 3.8) is 0 Å². The summed E-state index contributed by atoms with van der Waals surface area (Å²) in [6, 6.07) is 17.4. The molecule has 2 aliphatic rings. The van der Waals surface area contributed by atoms with E-state index >= 15 is 0 Å². The molecule has 2 aromatic carbocycles. The Balaban J connectivity index is 1.47. The number of allylic oxidation sites excluding steroid dienone is 2. The van der Waals surface area contributed by atoms with Crippen molar-refractivity contribution >= 4 is 11.4 Å². The van der Waals surface area contributed by atoms with Crippen LogP contribution in [0.3, 0.4) is 0 Å². The van der Waals surface area contributed by atoms with E-state index in [9.17, 15) is 4.79 Å². The van der Waals surface area contributed by atoms with Crippen LogP contribution in [-0.4, -0.2) is 5.78 Å². The summed E-state index contributed by atoms with van der Waals surface area (Å²) < 4.78 is 0. The molecule has 208 valence electrons. The lowest BCUT2D eigenvalue weighted by Crippen LogP contribution is -2.19. The molecule has 0 heterocycles. The number of Topliss-reactive ketones (excluding diaryl/α,β-unsaturated/α-hetero) is 1. The number of carbonyl (C=O) groups is 1. The second kappa shape index (κ2) is 13.2. The van der Waals surface area contributed by atoms with Gasteiger partial charge in [-0.2, -0.15) is 0 Å². The van der Waals surface area contributed by atoms with Gasteiger partial charge >= 0.3 is 0 Å². The molecule has 39 heavy (non-hydrogen) atoms. The molecule has 0 aliphatic heterocycles. The van der Waals surface area contributed by atoms with E-state index in [-0.39, 0.29) is 11.2 Å². The van der Waals surface area contributed by atoms with E-state index < -0.39 is 0 Å². The van der Waals surface area contributed by atoms with Crippen LogP contribution in [0.4, 0.5) is 0 Å². The van der Waals surface area contributed by atoms with Crippen LogP contribution in [0.5, 0.6) is 0 Å². The molecule has 0 saturated heterocycles. The monoisotopic (exact) mass is 522 g/mol. The normalized spacial score (nSPS) is 23.7. The maximum Gasteiger partial charge on any atom is 0.159 e. The van der Waals surface area contributed by atoms with Crippen LogP contribution in [-0.2, 0) is 12.8 Å². The first-order valence-electron chi connectivity index (χ1n) is 15.5. The van der Waals surface area contributed by atoms with Gasteiger partial charge < -0.3 is 0 Å². The Hall–Kier alpha value is -2.59. The van der Waals surface area contributed by atoms with Crippen LogP contribution in [0.2, 0.25) is 0 Å². The summed E-state index contributed by atoms with van der Waals surface area (Å²) in [5, 5.41) is 0. The van der Waals surface area contributed by atoms with Crippen molar-refractivity contribution in [2.45, 2.75) is 106 Å². The largest absolute Gasteiger partial charge is 0.295 e. The van der Waals surface area contributed by atoms with Gasteiger partial charge in [0.2, 0.25) is 0 Å². The third-order valence-electron chi connectivity index (χ3n) is 9.92. The molecule has 1 nitrogen and oxygen atoms in total. The van der Waals surface area contributed by atoms with Crippen LogP contribution in [0.25, 0.3) is 5.57 Å². The van der Waals surface area contributed by atoms with Crippen LogP contribution in [0.15, 0.2) is 54.1 Å². The van der Waals surface area contributed by atoms with E-state index in [1.165, 1.54) is 80.1 Å². The lowest BCUT2D eigenvalue weighted by atomic mass is 9.77. The van der Waals surface area contributed by atoms with Gasteiger partial charge in [-0.3, -0.25) is 4.79 Å². The molecular weight excluding hydrogens is 472 g/mol. The highest BCUT2D eigenvalue weighted by Gasteiger charge is 2.30. The van der Waals surface area contributed by atoms with Crippen molar-refractivity contribution in [1.29, 1.82) is 0 Å². The molecular formula is C38H50O. The van der Waals surface area contributed by atoms with E-state index in [0.717, 1.165) is 23.8 Å². The Labute approximate surface area is 238 Å². The van der Waals surface area contributed by atoms with Gasteiger partial charge in [0.05, 0.1) is 0 Å². The zero-order valence-electron chi connectivity index (χ0n) is 25.4. The number of carbonyl (C=O) groups excluding carboxylic acids is 1. The van der Waals surface area contributed by atoms with Crippen molar-refractivity contribution in [3.05, 3.63) is 76.4 Å². The maximum absolute atomic E-state index is 11.8. The third-order valence-corrected chi connectivity index (χ3v) is 9.92. The Kier molecular flexibility index (Phi) is 9.93. The Morgan fingerprint density at radius 3 is 2.38 bits per heavy atom. The first kappa shape index (κ1) is 29.4. The fraction of sp³-hybridized carbons (Fsp3) is 0.553. The average Bonchev–Trinajstić information content (AvgIpc) is 3.19. The van der Waals surface area contributed by atoms with Gasteiger partial charge in [0.1, 0.15) is 0 Å². The van der Waals surface area contributed by atoms with Gasteiger partial charge in [-0.15, -0.1) is 5.92 Å². The molecule has 0 bridgehead atoms. The van der Waals surface area contributed by atoms with Gasteiger partial charge in [-0.05, 0) is 113 Å². The van der Waals surface area contributed by atoms with Gasteiger partial charge in [-0.25, -0.2) is 0 Å². The van der Waals surface area contributed by atoms with Crippen molar-refractivity contribution in [1.82, 2.24) is 0 Å². The number of ketones is 1. The van der Waals surface area contributed by atoms with E-state index in [4.69, 9.17) is 0 Å². The lowest BCUT2D eigenvalue weighted by molar-refractivity contribution is 0.101. The number of rotatable bonds is 8. The topological polar surface area (TPSA) is 17.1 Å². The molecule has 2 aliphatic carbocycles. The molecule has 0 aromatic heterocycles. The van der Waals surface area contributed by atoms with Gasteiger partial charge in [0.25, 0.3) is 0 Å². The molecule has 0 amide bonds. The molecule has 0 radical (unpaired) electrons. The van der Waals surface area contributed by atoms with Crippen molar-refractivity contribution in [2.75, 3.05) is 0 Å². The summed E-state index contributed by atoms with van der Waals surface area (Å²) in [5.74, 6) is 9.70. The molecule has 4 rings (SSSR count). The number of hydrogen-bond donors (Lipinski definition) is 0. The van der Waals surface area contributed by atoms with E-state index in [1.54, 1.807) is 12.5 Å². The summed E-state index contributed by atoms with van der Waals surface area (Å²) in [6.45, 7) is 13.1. The second-order valence-electron chi connectivity index (χ2n) is 13.3. The minimum absolute atomic E-state index is 0.132. The highest BCUT2D eigenvalue weighted by atomic mass is 16.1. The zero-order chi connectivity index (χ0) is 28.0. The lowest BCUT2D eigenvalue weighted by Gasteiger charge is -2.28. The minimum Gasteiger partial charge on any atom is -0.295 e. The predicted molar refractivity (Wildman–Crippen MR) is 167 cm³/mol. The van der Waals surface area contributed by atoms with Crippen LogP contribution >= 0.6 is 0 Å². The number of fused-ring (bicyclic) bond motifs is 1.